The van der Waals surface area contributed by atoms with E-state index in [2.05, 4.69) is 22.4 Å². The van der Waals surface area contributed by atoms with E-state index in [4.69, 9.17) is 5.73 Å². The molecule has 0 amide bonds. The zero-order valence-corrected chi connectivity index (χ0v) is 11.2. The van der Waals surface area contributed by atoms with Crippen LogP contribution in [0.5, 0.6) is 0 Å². The van der Waals surface area contributed by atoms with Gasteiger partial charge in [-0.3, -0.25) is 0 Å². The number of hydrogen-bond acceptors (Lipinski definition) is 3. The predicted octanol–water partition coefficient (Wildman–Crippen LogP) is 3.14. The van der Waals surface area contributed by atoms with E-state index in [9.17, 15) is 4.39 Å². The molecule has 0 aliphatic carbocycles. The Hall–Kier alpha value is -1.39. The van der Waals surface area contributed by atoms with Gasteiger partial charge in [-0.2, -0.15) is 0 Å². The number of likely N-dealkylation sites (N-methyl/N-ethyl adjacent to an activating group) is 1. The summed E-state index contributed by atoms with van der Waals surface area (Å²) in [4.78, 5) is 3.53. The highest BCUT2D eigenvalue weighted by molar-refractivity contribution is 7.09. The molecule has 1 aromatic heterocycles. The molecule has 1 heterocycles. The SMILES string of the molecule is CN(CCc1cccs1)Cc1cc(F)ccc1N. The van der Waals surface area contributed by atoms with Crippen LogP contribution >= 0.6 is 11.3 Å². The minimum atomic E-state index is -0.231. The maximum Gasteiger partial charge on any atom is 0.123 e. The third-order valence-electron chi connectivity index (χ3n) is 2.87. The van der Waals surface area contributed by atoms with Crippen LogP contribution in [0.3, 0.4) is 0 Å². The Morgan fingerprint density at radius 3 is 2.89 bits per heavy atom. The summed E-state index contributed by atoms with van der Waals surface area (Å²) >= 11 is 1.77. The number of nitrogen functional groups attached to an aromatic ring is 1. The van der Waals surface area contributed by atoms with Crippen molar-refractivity contribution in [3.8, 4) is 0 Å². The molecule has 18 heavy (non-hydrogen) atoms. The molecule has 0 unspecified atom stereocenters. The van der Waals surface area contributed by atoms with Crippen molar-refractivity contribution in [2.24, 2.45) is 0 Å². The number of nitrogens with zero attached hydrogens (tertiary/aromatic N) is 1. The summed E-state index contributed by atoms with van der Waals surface area (Å²) in [5, 5.41) is 2.08. The molecule has 0 fully saturated rings. The second-order valence-corrected chi connectivity index (χ2v) is 5.44. The smallest absolute Gasteiger partial charge is 0.123 e. The van der Waals surface area contributed by atoms with Gasteiger partial charge in [-0.15, -0.1) is 11.3 Å². The highest BCUT2D eigenvalue weighted by Gasteiger charge is 2.06. The van der Waals surface area contributed by atoms with Crippen LogP contribution in [-0.2, 0) is 13.0 Å². The van der Waals surface area contributed by atoms with Gasteiger partial charge in [-0.1, -0.05) is 6.07 Å². The maximum absolute atomic E-state index is 13.1. The molecule has 2 aromatic rings. The van der Waals surface area contributed by atoms with Gasteiger partial charge < -0.3 is 10.6 Å². The van der Waals surface area contributed by atoms with Gasteiger partial charge in [0.05, 0.1) is 0 Å². The lowest BCUT2D eigenvalue weighted by Crippen LogP contribution is -2.21. The molecule has 0 aliphatic rings. The van der Waals surface area contributed by atoms with E-state index in [1.54, 1.807) is 17.4 Å². The highest BCUT2D eigenvalue weighted by atomic mass is 32.1. The van der Waals surface area contributed by atoms with Gasteiger partial charge in [0, 0.05) is 23.7 Å². The first kappa shape index (κ1) is 13.1. The van der Waals surface area contributed by atoms with Crippen molar-refractivity contribution in [3.05, 3.63) is 52.0 Å². The molecule has 2 rings (SSSR count). The van der Waals surface area contributed by atoms with Crippen LogP contribution < -0.4 is 5.73 Å². The van der Waals surface area contributed by atoms with E-state index >= 15 is 0 Å². The van der Waals surface area contributed by atoms with Crippen LogP contribution in [0.15, 0.2) is 35.7 Å². The first-order valence-electron chi connectivity index (χ1n) is 5.90. The lowest BCUT2D eigenvalue weighted by Gasteiger charge is -2.17. The van der Waals surface area contributed by atoms with E-state index < -0.39 is 0 Å². The van der Waals surface area contributed by atoms with Crippen molar-refractivity contribution in [2.45, 2.75) is 13.0 Å². The quantitative estimate of drug-likeness (QED) is 0.841. The Morgan fingerprint density at radius 1 is 1.33 bits per heavy atom. The number of hydrogen-bond donors (Lipinski definition) is 1. The first-order chi connectivity index (χ1) is 8.65. The summed E-state index contributed by atoms with van der Waals surface area (Å²) in [7, 11) is 2.03. The number of nitrogens with two attached hydrogens (primary N) is 1. The number of thiophene rings is 1. The summed E-state index contributed by atoms with van der Waals surface area (Å²) in [6.07, 6.45) is 1.02. The molecule has 4 heteroatoms. The van der Waals surface area contributed by atoms with E-state index in [-0.39, 0.29) is 5.82 Å². The number of benzene rings is 1. The molecule has 0 bridgehead atoms. The molecule has 1 aromatic carbocycles. The lowest BCUT2D eigenvalue weighted by atomic mass is 10.1. The number of rotatable bonds is 5. The van der Waals surface area contributed by atoms with Crippen LogP contribution in [0.4, 0.5) is 10.1 Å². The molecule has 0 radical (unpaired) electrons. The summed E-state index contributed by atoms with van der Waals surface area (Å²) in [5.41, 5.74) is 7.34. The maximum atomic E-state index is 13.1. The molecule has 0 spiro atoms. The second-order valence-electron chi connectivity index (χ2n) is 4.41. The van der Waals surface area contributed by atoms with E-state index in [0.717, 1.165) is 18.5 Å². The third kappa shape index (κ3) is 3.55. The van der Waals surface area contributed by atoms with Gasteiger partial charge in [0.25, 0.3) is 0 Å². The Morgan fingerprint density at radius 2 is 2.17 bits per heavy atom. The molecule has 0 atom stereocenters. The molecule has 0 aliphatic heterocycles. The fraction of sp³-hybridized carbons (Fsp3) is 0.286. The fourth-order valence-corrected chi connectivity index (χ4v) is 2.54. The second kappa shape index (κ2) is 5.98. The molecule has 96 valence electrons. The van der Waals surface area contributed by atoms with Crippen LogP contribution in [0.2, 0.25) is 0 Å². The molecule has 2 nitrogen and oxygen atoms in total. The van der Waals surface area contributed by atoms with E-state index in [1.807, 2.05) is 7.05 Å². The minimum Gasteiger partial charge on any atom is -0.398 e. The Labute approximate surface area is 111 Å². The average molecular weight is 264 g/mol. The Balaban J connectivity index is 1.90. The summed E-state index contributed by atoms with van der Waals surface area (Å²) in [6.45, 7) is 1.62. The topological polar surface area (TPSA) is 29.3 Å². The van der Waals surface area contributed by atoms with Gasteiger partial charge in [0.1, 0.15) is 5.82 Å². The molecular weight excluding hydrogens is 247 g/mol. The number of halogens is 1. The molecule has 2 N–H and O–H groups in total. The van der Waals surface area contributed by atoms with Gasteiger partial charge in [0.2, 0.25) is 0 Å². The summed E-state index contributed by atoms with van der Waals surface area (Å²) in [5.74, 6) is -0.231. The average Bonchev–Trinajstić information content (AvgIpc) is 2.84. The van der Waals surface area contributed by atoms with Crippen LogP contribution in [0.25, 0.3) is 0 Å². The fourth-order valence-electron chi connectivity index (χ4n) is 1.84. The predicted molar refractivity (Wildman–Crippen MR) is 75.2 cm³/mol. The van der Waals surface area contributed by atoms with Crippen molar-refractivity contribution in [2.75, 3.05) is 19.3 Å². The largest absolute Gasteiger partial charge is 0.398 e. The Kier molecular flexibility index (Phi) is 4.33. The number of anilines is 1. The van der Waals surface area contributed by atoms with Gasteiger partial charge in [0.15, 0.2) is 0 Å². The van der Waals surface area contributed by atoms with Crippen LogP contribution in [0.1, 0.15) is 10.4 Å². The molecular formula is C14H17FN2S. The molecule has 0 saturated carbocycles. The van der Waals surface area contributed by atoms with E-state index in [0.29, 0.717) is 12.2 Å². The zero-order chi connectivity index (χ0) is 13.0. The highest BCUT2D eigenvalue weighted by Crippen LogP contribution is 2.16. The van der Waals surface area contributed by atoms with E-state index in [1.165, 1.54) is 17.0 Å². The monoisotopic (exact) mass is 264 g/mol. The van der Waals surface area contributed by atoms with Crippen molar-refractivity contribution in [1.29, 1.82) is 0 Å². The van der Waals surface area contributed by atoms with Crippen LogP contribution in [0, 0.1) is 5.82 Å². The minimum absolute atomic E-state index is 0.231. The van der Waals surface area contributed by atoms with Crippen molar-refractivity contribution >= 4 is 17.0 Å². The zero-order valence-electron chi connectivity index (χ0n) is 10.4. The van der Waals surface area contributed by atoms with Crippen molar-refractivity contribution in [3.63, 3.8) is 0 Å². The van der Waals surface area contributed by atoms with Crippen molar-refractivity contribution in [1.82, 2.24) is 4.90 Å². The third-order valence-corrected chi connectivity index (χ3v) is 3.80. The summed E-state index contributed by atoms with van der Waals surface area (Å²) in [6, 6.07) is 8.72. The lowest BCUT2D eigenvalue weighted by molar-refractivity contribution is 0.332. The Bertz CT molecular complexity index is 497. The van der Waals surface area contributed by atoms with Gasteiger partial charge >= 0.3 is 0 Å². The standard InChI is InChI=1S/C14H17FN2S/c1-17(7-6-13-3-2-8-18-13)10-11-9-12(15)4-5-14(11)16/h2-5,8-9H,6-7,10,16H2,1H3. The van der Waals surface area contributed by atoms with Gasteiger partial charge in [-0.25, -0.2) is 4.39 Å². The summed E-state index contributed by atoms with van der Waals surface area (Å²) < 4.78 is 13.1. The first-order valence-corrected chi connectivity index (χ1v) is 6.78. The normalized spacial score (nSPS) is 11.1. The van der Waals surface area contributed by atoms with Gasteiger partial charge in [-0.05, 0) is 48.7 Å². The van der Waals surface area contributed by atoms with Crippen LogP contribution in [-0.4, -0.2) is 18.5 Å². The van der Waals surface area contributed by atoms with Crippen molar-refractivity contribution < 1.29 is 4.39 Å². The molecule has 0 saturated heterocycles.